The molecule has 1 N–H and O–H groups in total. The van der Waals surface area contributed by atoms with E-state index in [1.807, 2.05) is 43.3 Å². The van der Waals surface area contributed by atoms with Gasteiger partial charge >= 0.3 is 0 Å². The molecule has 4 aromatic rings. The number of hydrogen-bond donors (Lipinski definition) is 1. The van der Waals surface area contributed by atoms with Crippen LogP contribution in [0.2, 0.25) is 0 Å². The molecule has 0 radical (unpaired) electrons. The SMILES string of the molecule is COc1ccccc1C(=O)n1nc(-c2cccnc2)nc1NCc1ccc(C)cc1. The van der Waals surface area contributed by atoms with Crippen LogP contribution < -0.4 is 10.1 Å². The standard InChI is InChI=1S/C23H21N5O2/c1-16-9-11-17(12-10-16)14-25-23-26-21(18-6-5-13-24-15-18)27-28(23)22(29)19-7-3-4-8-20(19)30-2/h3-13,15H,14H2,1-2H3,(H,25,26,27). The van der Waals surface area contributed by atoms with E-state index in [-0.39, 0.29) is 5.91 Å². The van der Waals surface area contributed by atoms with Crippen LogP contribution in [0.5, 0.6) is 5.75 Å². The number of hydrogen-bond acceptors (Lipinski definition) is 6. The van der Waals surface area contributed by atoms with E-state index in [2.05, 4.69) is 20.4 Å². The third-order valence-electron chi connectivity index (χ3n) is 4.63. The number of anilines is 1. The summed E-state index contributed by atoms with van der Waals surface area (Å²) in [6, 6.07) is 18.9. The zero-order valence-electron chi connectivity index (χ0n) is 16.7. The summed E-state index contributed by atoms with van der Waals surface area (Å²) in [5, 5.41) is 7.69. The van der Waals surface area contributed by atoms with Crippen LogP contribution in [0.25, 0.3) is 11.4 Å². The van der Waals surface area contributed by atoms with Crippen LogP contribution in [0.3, 0.4) is 0 Å². The van der Waals surface area contributed by atoms with Crippen LogP contribution in [0.4, 0.5) is 5.95 Å². The highest BCUT2D eigenvalue weighted by molar-refractivity contribution is 5.99. The van der Waals surface area contributed by atoms with Gasteiger partial charge in [0, 0.05) is 24.5 Å². The topological polar surface area (TPSA) is 81.9 Å². The van der Waals surface area contributed by atoms with Crippen LogP contribution in [-0.4, -0.2) is 32.8 Å². The summed E-state index contributed by atoms with van der Waals surface area (Å²) >= 11 is 0. The first-order chi connectivity index (χ1) is 14.7. The number of pyridine rings is 1. The number of methoxy groups -OCH3 is 1. The number of rotatable bonds is 6. The molecule has 150 valence electrons. The molecular formula is C23H21N5O2. The molecule has 0 atom stereocenters. The van der Waals surface area contributed by atoms with Crippen LogP contribution in [-0.2, 0) is 6.54 Å². The number of para-hydroxylation sites is 1. The lowest BCUT2D eigenvalue weighted by Gasteiger charge is -2.10. The quantitative estimate of drug-likeness (QED) is 0.529. The van der Waals surface area contributed by atoms with E-state index in [9.17, 15) is 4.79 Å². The summed E-state index contributed by atoms with van der Waals surface area (Å²) in [5.41, 5.74) is 3.39. The lowest BCUT2D eigenvalue weighted by Crippen LogP contribution is -2.18. The molecule has 0 unspecified atom stereocenters. The first-order valence-electron chi connectivity index (χ1n) is 9.50. The summed E-state index contributed by atoms with van der Waals surface area (Å²) in [6.07, 6.45) is 3.34. The first-order valence-corrected chi connectivity index (χ1v) is 9.50. The van der Waals surface area contributed by atoms with Crippen molar-refractivity contribution in [2.75, 3.05) is 12.4 Å². The van der Waals surface area contributed by atoms with Gasteiger partial charge in [0.05, 0.1) is 12.7 Å². The summed E-state index contributed by atoms with van der Waals surface area (Å²) in [6.45, 7) is 2.55. The summed E-state index contributed by atoms with van der Waals surface area (Å²) in [4.78, 5) is 21.9. The number of carbonyl (C=O) groups excluding carboxylic acids is 1. The minimum Gasteiger partial charge on any atom is -0.496 e. The van der Waals surface area contributed by atoms with Gasteiger partial charge in [0.15, 0.2) is 5.82 Å². The van der Waals surface area contributed by atoms with Crippen molar-refractivity contribution in [3.8, 4) is 17.1 Å². The second kappa shape index (κ2) is 8.57. The Labute approximate surface area is 174 Å². The zero-order chi connectivity index (χ0) is 20.9. The molecule has 0 fully saturated rings. The molecule has 0 aliphatic rings. The molecule has 0 aliphatic carbocycles. The number of benzene rings is 2. The normalized spacial score (nSPS) is 10.6. The molecule has 30 heavy (non-hydrogen) atoms. The molecule has 0 aliphatic heterocycles. The Morgan fingerprint density at radius 1 is 1.07 bits per heavy atom. The Kier molecular flexibility index (Phi) is 5.52. The minimum absolute atomic E-state index is 0.332. The van der Waals surface area contributed by atoms with Gasteiger partial charge in [-0.05, 0) is 36.8 Å². The van der Waals surface area contributed by atoms with E-state index in [4.69, 9.17) is 4.74 Å². The van der Waals surface area contributed by atoms with Crippen LogP contribution in [0.15, 0.2) is 73.1 Å². The number of aromatic nitrogens is 4. The highest BCUT2D eigenvalue weighted by Gasteiger charge is 2.21. The minimum atomic E-state index is -0.332. The smallest absolute Gasteiger partial charge is 0.285 e. The van der Waals surface area contributed by atoms with Crippen molar-refractivity contribution in [3.63, 3.8) is 0 Å². The highest BCUT2D eigenvalue weighted by Crippen LogP contribution is 2.22. The first kappa shape index (κ1) is 19.3. The fraction of sp³-hybridized carbons (Fsp3) is 0.130. The van der Waals surface area contributed by atoms with Crippen molar-refractivity contribution in [1.82, 2.24) is 19.7 Å². The molecule has 7 nitrogen and oxygen atoms in total. The van der Waals surface area contributed by atoms with E-state index < -0.39 is 0 Å². The van der Waals surface area contributed by atoms with Crippen molar-refractivity contribution in [2.24, 2.45) is 0 Å². The van der Waals surface area contributed by atoms with Gasteiger partial charge in [0.1, 0.15) is 5.75 Å². The Balaban J connectivity index is 1.70. The maximum absolute atomic E-state index is 13.3. The Morgan fingerprint density at radius 3 is 2.60 bits per heavy atom. The van der Waals surface area contributed by atoms with Gasteiger partial charge < -0.3 is 10.1 Å². The van der Waals surface area contributed by atoms with Gasteiger partial charge in [-0.1, -0.05) is 42.0 Å². The second-order valence-corrected chi connectivity index (χ2v) is 6.76. The maximum Gasteiger partial charge on any atom is 0.285 e. The summed E-state index contributed by atoms with van der Waals surface area (Å²) in [5.74, 6) is 0.912. The number of carbonyl (C=O) groups is 1. The second-order valence-electron chi connectivity index (χ2n) is 6.76. The molecular weight excluding hydrogens is 378 g/mol. The van der Waals surface area contributed by atoms with Crippen LogP contribution >= 0.6 is 0 Å². The van der Waals surface area contributed by atoms with Crippen molar-refractivity contribution in [1.29, 1.82) is 0 Å². The van der Waals surface area contributed by atoms with E-state index in [1.165, 1.54) is 17.4 Å². The molecule has 7 heteroatoms. The average Bonchev–Trinajstić information content (AvgIpc) is 3.23. The van der Waals surface area contributed by atoms with Crippen LogP contribution in [0.1, 0.15) is 21.5 Å². The third kappa shape index (κ3) is 4.05. The van der Waals surface area contributed by atoms with Crippen molar-refractivity contribution in [2.45, 2.75) is 13.5 Å². The fourth-order valence-corrected chi connectivity index (χ4v) is 3.01. The molecule has 0 bridgehead atoms. The van der Waals surface area contributed by atoms with Gasteiger partial charge in [0.25, 0.3) is 5.91 Å². The molecule has 2 aromatic carbocycles. The maximum atomic E-state index is 13.3. The van der Waals surface area contributed by atoms with E-state index in [0.717, 1.165) is 11.1 Å². The lowest BCUT2D eigenvalue weighted by molar-refractivity contribution is 0.0944. The molecule has 2 aromatic heterocycles. The lowest BCUT2D eigenvalue weighted by atomic mass is 10.1. The van der Waals surface area contributed by atoms with E-state index in [0.29, 0.717) is 29.6 Å². The number of nitrogens with zero attached hydrogens (tertiary/aromatic N) is 4. The monoisotopic (exact) mass is 399 g/mol. The zero-order valence-corrected chi connectivity index (χ0v) is 16.7. The van der Waals surface area contributed by atoms with Crippen LogP contribution in [0, 0.1) is 6.92 Å². The van der Waals surface area contributed by atoms with Gasteiger partial charge in [0.2, 0.25) is 5.95 Å². The third-order valence-corrected chi connectivity index (χ3v) is 4.63. The molecule has 4 rings (SSSR count). The number of ether oxygens (including phenoxy) is 1. The van der Waals surface area contributed by atoms with E-state index >= 15 is 0 Å². The van der Waals surface area contributed by atoms with Crippen molar-refractivity contribution in [3.05, 3.63) is 89.7 Å². The Morgan fingerprint density at radius 2 is 1.87 bits per heavy atom. The molecule has 0 amide bonds. The predicted molar refractivity (Wildman–Crippen MR) is 114 cm³/mol. The summed E-state index contributed by atoms with van der Waals surface area (Å²) < 4.78 is 6.62. The largest absolute Gasteiger partial charge is 0.496 e. The molecule has 0 saturated carbocycles. The van der Waals surface area contributed by atoms with Crippen molar-refractivity contribution >= 4 is 11.9 Å². The van der Waals surface area contributed by atoms with Gasteiger partial charge in [-0.2, -0.15) is 9.67 Å². The number of aryl methyl sites for hydroxylation is 1. The van der Waals surface area contributed by atoms with E-state index in [1.54, 1.807) is 36.7 Å². The van der Waals surface area contributed by atoms with Gasteiger partial charge in [-0.15, -0.1) is 5.10 Å². The van der Waals surface area contributed by atoms with Crippen molar-refractivity contribution < 1.29 is 9.53 Å². The van der Waals surface area contributed by atoms with Gasteiger partial charge in [-0.3, -0.25) is 9.78 Å². The molecule has 2 heterocycles. The molecule has 0 spiro atoms. The van der Waals surface area contributed by atoms with Gasteiger partial charge in [-0.25, -0.2) is 0 Å². The molecule has 0 saturated heterocycles. The Bertz CT molecular complexity index is 1150. The summed E-state index contributed by atoms with van der Waals surface area (Å²) in [7, 11) is 1.53. The number of nitrogens with one attached hydrogen (secondary N) is 1. The fourth-order valence-electron chi connectivity index (χ4n) is 3.01. The predicted octanol–water partition coefficient (Wildman–Crippen LogP) is 3.96. The highest BCUT2D eigenvalue weighted by atomic mass is 16.5. The average molecular weight is 399 g/mol. The Hall–Kier alpha value is -4.00.